The lowest BCUT2D eigenvalue weighted by molar-refractivity contribution is -0.146. The van der Waals surface area contributed by atoms with Crippen LogP contribution in [-0.4, -0.2) is 44.7 Å². The van der Waals surface area contributed by atoms with Gasteiger partial charge < -0.3 is 10.1 Å². The predicted molar refractivity (Wildman–Crippen MR) is 104 cm³/mol. The second kappa shape index (κ2) is 7.98. The van der Waals surface area contributed by atoms with Crippen molar-refractivity contribution in [3.63, 3.8) is 0 Å². The van der Waals surface area contributed by atoms with Crippen LogP contribution >= 0.6 is 23.1 Å². The highest BCUT2D eigenvalue weighted by Gasteiger charge is 2.24. The molecule has 4 rings (SSSR count). The van der Waals surface area contributed by atoms with Crippen molar-refractivity contribution < 1.29 is 19.1 Å². The maximum Gasteiger partial charge on any atom is 0.312 e. The van der Waals surface area contributed by atoms with Gasteiger partial charge in [0.1, 0.15) is 11.0 Å². The maximum absolute atomic E-state index is 12.1. The van der Waals surface area contributed by atoms with Gasteiger partial charge in [-0.2, -0.15) is 8.75 Å². The first-order valence-electron chi connectivity index (χ1n) is 8.51. The normalized spacial score (nSPS) is 13.9. The second-order valence-corrected chi connectivity index (χ2v) is 7.46. The number of fused-ring (bicyclic) bond motifs is 1. The van der Waals surface area contributed by atoms with Crippen molar-refractivity contribution in [2.24, 2.45) is 0 Å². The first kappa shape index (κ1) is 18.4. The Morgan fingerprint density at radius 1 is 1.29 bits per heavy atom. The maximum atomic E-state index is 12.1. The van der Waals surface area contributed by atoms with Crippen molar-refractivity contribution in [1.29, 1.82) is 0 Å². The highest BCUT2D eigenvalue weighted by atomic mass is 32.1. The van der Waals surface area contributed by atoms with Crippen molar-refractivity contribution >= 4 is 62.7 Å². The Labute approximate surface area is 167 Å². The molecule has 0 atom stereocenters. The van der Waals surface area contributed by atoms with E-state index in [0.717, 1.165) is 18.1 Å². The topological polar surface area (TPSA) is 114 Å². The van der Waals surface area contributed by atoms with Gasteiger partial charge in [-0.25, -0.2) is 4.98 Å². The van der Waals surface area contributed by atoms with Crippen molar-refractivity contribution in [1.82, 2.24) is 13.7 Å². The van der Waals surface area contributed by atoms with E-state index >= 15 is 0 Å². The monoisotopic (exact) mass is 417 g/mol. The third-order valence-corrected chi connectivity index (χ3v) is 5.55. The van der Waals surface area contributed by atoms with Crippen molar-refractivity contribution in [3.05, 3.63) is 29.3 Å². The lowest BCUT2D eigenvalue weighted by atomic mass is 10.2. The number of hydrogen-bond acceptors (Lipinski definition) is 9. The summed E-state index contributed by atoms with van der Waals surface area (Å²) in [6.45, 7) is 0.242. The summed E-state index contributed by atoms with van der Waals surface area (Å²) >= 11 is 2.37. The Morgan fingerprint density at radius 2 is 2.18 bits per heavy atom. The molecule has 28 heavy (non-hydrogen) atoms. The van der Waals surface area contributed by atoms with Crippen LogP contribution in [0.5, 0.6) is 0 Å². The smallest absolute Gasteiger partial charge is 0.312 e. The summed E-state index contributed by atoms with van der Waals surface area (Å²) in [6.07, 6.45) is 1.28. The minimum Gasteiger partial charge on any atom is -0.455 e. The molecule has 0 bridgehead atoms. The molecule has 0 radical (unpaired) electrons. The van der Waals surface area contributed by atoms with Gasteiger partial charge in [0.25, 0.3) is 5.91 Å². The highest BCUT2D eigenvalue weighted by Crippen LogP contribution is 2.25. The zero-order chi connectivity index (χ0) is 19.5. The summed E-state index contributed by atoms with van der Waals surface area (Å²) in [7, 11) is 0. The molecule has 1 N–H and O–H groups in total. The molecule has 1 saturated heterocycles. The Kier molecular flexibility index (Phi) is 5.26. The van der Waals surface area contributed by atoms with Gasteiger partial charge in [-0.15, -0.1) is 11.3 Å². The number of carbonyl (C=O) groups excluding carboxylic acids is 3. The number of amides is 2. The fourth-order valence-corrected chi connectivity index (χ4v) is 4.21. The van der Waals surface area contributed by atoms with Gasteiger partial charge in [-0.3, -0.25) is 19.3 Å². The molecule has 2 aromatic heterocycles. The zero-order valence-corrected chi connectivity index (χ0v) is 16.2. The Bertz CT molecular complexity index is 1050. The molecule has 1 aromatic carbocycles. The number of rotatable bonds is 6. The number of benzene rings is 1. The minimum atomic E-state index is -0.562. The van der Waals surface area contributed by atoms with Crippen LogP contribution in [0.15, 0.2) is 23.6 Å². The van der Waals surface area contributed by atoms with E-state index in [2.05, 4.69) is 19.0 Å². The number of thiazole rings is 1. The fraction of sp³-hybridized carbons (Fsp3) is 0.294. The van der Waals surface area contributed by atoms with Gasteiger partial charge in [-0.05, 0) is 18.6 Å². The van der Waals surface area contributed by atoms with E-state index in [1.54, 1.807) is 28.5 Å². The first-order valence-corrected chi connectivity index (χ1v) is 10.1. The second-order valence-electron chi connectivity index (χ2n) is 6.09. The van der Waals surface area contributed by atoms with Crippen LogP contribution in [0.25, 0.3) is 11.0 Å². The molecule has 1 fully saturated rings. The van der Waals surface area contributed by atoms with E-state index in [9.17, 15) is 14.4 Å². The number of nitrogens with zero attached hydrogens (tertiary/aromatic N) is 4. The lowest BCUT2D eigenvalue weighted by Crippen LogP contribution is -2.23. The number of nitrogens with one attached hydrogen (secondary N) is 1. The molecule has 0 unspecified atom stereocenters. The van der Waals surface area contributed by atoms with Gasteiger partial charge in [0.15, 0.2) is 11.7 Å². The van der Waals surface area contributed by atoms with E-state index in [0.29, 0.717) is 40.5 Å². The molecule has 11 heteroatoms. The quantitative estimate of drug-likeness (QED) is 0.610. The van der Waals surface area contributed by atoms with Gasteiger partial charge in [0, 0.05) is 18.3 Å². The van der Waals surface area contributed by atoms with Crippen LogP contribution in [0.2, 0.25) is 0 Å². The zero-order valence-electron chi connectivity index (χ0n) is 14.6. The summed E-state index contributed by atoms with van der Waals surface area (Å²) in [6, 6.07) is 5.27. The van der Waals surface area contributed by atoms with Gasteiger partial charge in [0.2, 0.25) is 5.91 Å². The van der Waals surface area contributed by atoms with Crippen LogP contribution in [0, 0.1) is 0 Å². The van der Waals surface area contributed by atoms with Crippen LogP contribution in [0.1, 0.15) is 18.5 Å². The summed E-state index contributed by atoms with van der Waals surface area (Å²) in [5.41, 5.74) is 2.32. The molecule has 1 aliphatic heterocycles. The number of anilines is 2. The summed E-state index contributed by atoms with van der Waals surface area (Å²) in [5, 5.41) is 4.98. The molecule has 0 aliphatic carbocycles. The summed E-state index contributed by atoms with van der Waals surface area (Å²) < 4.78 is 13.3. The third-order valence-electron chi connectivity index (χ3n) is 4.09. The largest absolute Gasteiger partial charge is 0.455 e. The van der Waals surface area contributed by atoms with E-state index in [1.807, 2.05) is 0 Å². The number of aromatic nitrogens is 3. The number of hydrogen-bond donors (Lipinski definition) is 1. The number of ether oxygens (including phenoxy) is 1. The number of esters is 1. The fourth-order valence-electron chi connectivity index (χ4n) is 2.79. The molecule has 0 saturated carbocycles. The average molecular weight is 417 g/mol. The number of carbonyl (C=O) groups is 3. The molecule has 3 heterocycles. The van der Waals surface area contributed by atoms with Gasteiger partial charge >= 0.3 is 5.97 Å². The van der Waals surface area contributed by atoms with Crippen LogP contribution in [-0.2, 0) is 25.5 Å². The van der Waals surface area contributed by atoms with E-state index in [4.69, 9.17) is 4.74 Å². The molecule has 1 aliphatic rings. The third kappa shape index (κ3) is 3.99. The molecule has 9 nitrogen and oxygen atoms in total. The van der Waals surface area contributed by atoms with Crippen LogP contribution in [0.3, 0.4) is 0 Å². The highest BCUT2D eigenvalue weighted by molar-refractivity contribution is 7.14. The lowest BCUT2D eigenvalue weighted by Gasteiger charge is -2.10. The average Bonchev–Trinajstić information content (AvgIpc) is 3.41. The molecule has 2 amide bonds. The van der Waals surface area contributed by atoms with Crippen molar-refractivity contribution in [2.75, 3.05) is 23.4 Å². The molecule has 144 valence electrons. The SMILES string of the molecule is O=C(COC(=O)Cc1csc(N2CCCC2=O)n1)Nc1cccc2nsnc12. The molecular weight excluding hydrogens is 402 g/mol. The standard InChI is InChI=1S/C17H15N5O4S2/c23-13(19-11-3-1-4-12-16(11)21-28-20-12)8-26-15(25)7-10-9-27-17(18-10)22-6-2-5-14(22)24/h1,3-4,9H,2,5-8H2,(H,19,23). The van der Waals surface area contributed by atoms with Crippen molar-refractivity contribution in [3.8, 4) is 0 Å². The summed E-state index contributed by atoms with van der Waals surface area (Å²) in [4.78, 5) is 41.7. The Morgan fingerprint density at radius 3 is 3.00 bits per heavy atom. The predicted octanol–water partition coefficient (Wildman–Crippen LogP) is 2.00. The van der Waals surface area contributed by atoms with Crippen molar-refractivity contribution in [2.45, 2.75) is 19.3 Å². The Balaban J connectivity index is 1.28. The first-order chi connectivity index (χ1) is 13.6. The van der Waals surface area contributed by atoms with E-state index < -0.39 is 18.5 Å². The molecule has 3 aromatic rings. The van der Waals surface area contributed by atoms with E-state index in [-0.39, 0.29) is 12.3 Å². The van der Waals surface area contributed by atoms with Crippen LogP contribution in [0.4, 0.5) is 10.8 Å². The molecular formula is C17H15N5O4S2. The van der Waals surface area contributed by atoms with Gasteiger partial charge in [-0.1, -0.05) is 6.07 Å². The molecule has 0 spiro atoms. The van der Waals surface area contributed by atoms with Gasteiger partial charge in [0.05, 0.1) is 29.5 Å². The Hall–Kier alpha value is -2.92. The van der Waals surface area contributed by atoms with Crippen LogP contribution < -0.4 is 10.2 Å². The van der Waals surface area contributed by atoms with E-state index in [1.165, 1.54) is 11.3 Å². The summed E-state index contributed by atoms with van der Waals surface area (Å²) in [5.74, 6) is -0.978. The minimum absolute atomic E-state index is 0.0467.